The number of alkyl carbamates (subject to hydrolysis) is 1. The Labute approximate surface area is 144 Å². The second-order valence-electron chi connectivity index (χ2n) is 5.49. The Kier molecular flexibility index (Phi) is 5.86. The Morgan fingerprint density at radius 3 is 2.62 bits per heavy atom. The molecule has 8 heteroatoms. The van der Waals surface area contributed by atoms with Gasteiger partial charge in [-0.05, 0) is 18.1 Å². The highest BCUT2D eigenvalue weighted by atomic mass is 32.1. The summed E-state index contributed by atoms with van der Waals surface area (Å²) >= 11 is 1.34. The van der Waals surface area contributed by atoms with Gasteiger partial charge in [-0.2, -0.15) is 0 Å². The monoisotopic (exact) mass is 348 g/mol. The molecule has 24 heavy (non-hydrogen) atoms. The van der Waals surface area contributed by atoms with Crippen LogP contribution in [0, 0.1) is 5.92 Å². The first kappa shape index (κ1) is 17.9. The third-order valence-electron chi connectivity index (χ3n) is 3.43. The Morgan fingerprint density at radius 1 is 1.29 bits per heavy atom. The molecule has 2 rings (SSSR count). The first-order valence-electron chi connectivity index (χ1n) is 7.43. The Bertz CT molecular complexity index is 702. The fourth-order valence-electron chi connectivity index (χ4n) is 2.05. The normalized spacial score (nSPS) is 11.9. The average Bonchev–Trinajstić information content (AvgIpc) is 3.08. The lowest BCUT2D eigenvalue weighted by Gasteiger charge is -2.25. The van der Waals surface area contributed by atoms with Gasteiger partial charge in [-0.1, -0.05) is 19.9 Å². The fraction of sp³-hybridized carbons (Fsp3) is 0.375. The third-order valence-corrected chi connectivity index (χ3v) is 4.35. The Hall–Kier alpha value is -2.48. The molecule has 1 N–H and O–H groups in total. The van der Waals surface area contributed by atoms with Crippen LogP contribution in [0.3, 0.4) is 0 Å². The first-order chi connectivity index (χ1) is 11.4. The molecule has 0 saturated heterocycles. The van der Waals surface area contributed by atoms with Gasteiger partial charge in [-0.3, -0.25) is 14.7 Å². The fourth-order valence-corrected chi connectivity index (χ4v) is 2.84. The molecule has 0 saturated carbocycles. The summed E-state index contributed by atoms with van der Waals surface area (Å²) in [6, 6.07) is 4.88. The van der Waals surface area contributed by atoms with Crippen LogP contribution < -0.4 is 10.2 Å². The van der Waals surface area contributed by atoms with E-state index in [2.05, 4.69) is 20.0 Å². The van der Waals surface area contributed by atoms with Crippen LogP contribution >= 0.6 is 11.3 Å². The average molecular weight is 348 g/mol. The van der Waals surface area contributed by atoms with E-state index in [1.54, 1.807) is 13.2 Å². The molecule has 0 radical (unpaired) electrons. The molecule has 2 aromatic heterocycles. The van der Waals surface area contributed by atoms with Crippen molar-refractivity contribution in [2.24, 2.45) is 5.92 Å². The maximum Gasteiger partial charge on any atom is 0.407 e. The van der Waals surface area contributed by atoms with Crippen LogP contribution in [0.25, 0.3) is 11.4 Å². The molecule has 2 amide bonds. The molecular weight excluding hydrogens is 328 g/mol. The van der Waals surface area contributed by atoms with E-state index in [4.69, 9.17) is 0 Å². The number of methoxy groups -OCH3 is 1. The number of amides is 2. The molecule has 0 aliphatic heterocycles. The van der Waals surface area contributed by atoms with E-state index < -0.39 is 12.1 Å². The Morgan fingerprint density at radius 2 is 2.04 bits per heavy atom. The summed E-state index contributed by atoms with van der Waals surface area (Å²) in [5, 5.41) is 4.95. The predicted molar refractivity (Wildman–Crippen MR) is 92.9 cm³/mol. The van der Waals surface area contributed by atoms with Gasteiger partial charge in [0.05, 0.1) is 12.8 Å². The number of anilines is 1. The van der Waals surface area contributed by atoms with Gasteiger partial charge in [-0.15, -0.1) is 11.3 Å². The van der Waals surface area contributed by atoms with Gasteiger partial charge in [0, 0.05) is 18.6 Å². The van der Waals surface area contributed by atoms with E-state index in [1.165, 1.54) is 23.3 Å². The molecule has 0 bridgehead atoms. The number of carbonyl (C=O) groups excluding carboxylic acids is 2. The van der Waals surface area contributed by atoms with Gasteiger partial charge in [0.25, 0.3) is 5.91 Å². The first-order valence-corrected chi connectivity index (χ1v) is 8.31. The third kappa shape index (κ3) is 4.08. The number of nitrogens with zero attached hydrogens (tertiary/aromatic N) is 3. The van der Waals surface area contributed by atoms with E-state index in [1.807, 2.05) is 37.4 Å². The summed E-state index contributed by atoms with van der Waals surface area (Å²) in [6.07, 6.45) is 1.06. The van der Waals surface area contributed by atoms with E-state index in [-0.39, 0.29) is 11.8 Å². The largest absolute Gasteiger partial charge is 0.453 e. The number of rotatable bonds is 5. The minimum Gasteiger partial charge on any atom is -0.453 e. The van der Waals surface area contributed by atoms with Crippen molar-refractivity contribution < 1.29 is 14.3 Å². The van der Waals surface area contributed by atoms with Crippen molar-refractivity contribution in [2.45, 2.75) is 19.9 Å². The zero-order valence-corrected chi connectivity index (χ0v) is 14.8. The maximum absolute atomic E-state index is 12.7. The van der Waals surface area contributed by atoms with Crippen LogP contribution in [0.1, 0.15) is 13.8 Å². The van der Waals surface area contributed by atoms with Crippen molar-refractivity contribution in [1.29, 1.82) is 0 Å². The lowest BCUT2D eigenvalue weighted by molar-refractivity contribution is -0.121. The van der Waals surface area contributed by atoms with E-state index >= 15 is 0 Å². The lowest BCUT2D eigenvalue weighted by atomic mass is 10.0. The molecule has 2 aromatic rings. The summed E-state index contributed by atoms with van der Waals surface area (Å²) < 4.78 is 4.59. The molecule has 0 aliphatic carbocycles. The zero-order valence-electron chi connectivity index (χ0n) is 14.0. The predicted octanol–water partition coefficient (Wildman–Crippen LogP) is 2.55. The number of aromatic nitrogens is 2. The van der Waals surface area contributed by atoms with Gasteiger partial charge in [-0.25, -0.2) is 9.78 Å². The van der Waals surface area contributed by atoms with Gasteiger partial charge >= 0.3 is 6.09 Å². The van der Waals surface area contributed by atoms with Crippen LogP contribution in [0.5, 0.6) is 0 Å². The van der Waals surface area contributed by atoms with Gasteiger partial charge in [0.2, 0.25) is 0 Å². The summed E-state index contributed by atoms with van der Waals surface area (Å²) in [5.41, 5.74) is 1.45. The number of hydrogen-bond acceptors (Lipinski definition) is 6. The summed E-state index contributed by atoms with van der Waals surface area (Å²) in [4.78, 5) is 34.3. The number of ether oxygens (including phenoxy) is 1. The lowest BCUT2D eigenvalue weighted by Crippen LogP contribution is -2.50. The van der Waals surface area contributed by atoms with Crippen molar-refractivity contribution in [1.82, 2.24) is 15.3 Å². The van der Waals surface area contributed by atoms with E-state index in [9.17, 15) is 9.59 Å². The topological polar surface area (TPSA) is 84.4 Å². The smallest absolute Gasteiger partial charge is 0.407 e. The van der Waals surface area contributed by atoms with Crippen LogP contribution in [0.15, 0.2) is 29.8 Å². The van der Waals surface area contributed by atoms with Gasteiger partial charge < -0.3 is 10.1 Å². The van der Waals surface area contributed by atoms with Crippen molar-refractivity contribution in [3.05, 3.63) is 29.8 Å². The summed E-state index contributed by atoms with van der Waals surface area (Å²) in [5.74, 6) is -0.341. The second kappa shape index (κ2) is 7.87. The molecule has 0 fully saturated rings. The molecule has 0 aliphatic rings. The van der Waals surface area contributed by atoms with Crippen molar-refractivity contribution in [2.75, 3.05) is 19.1 Å². The molecule has 1 atom stereocenters. The Balaban J connectivity index is 2.18. The molecule has 0 spiro atoms. The highest BCUT2D eigenvalue weighted by Gasteiger charge is 2.29. The second-order valence-corrected chi connectivity index (χ2v) is 6.32. The number of carbonyl (C=O) groups is 2. The maximum atomic E-state index is 12.7. The highest BCUT2D eigenvalue weighted by Crippen LogP contribution is 2.26. The van der Waals surface area contributed by atoms with Gasteiger partial charge in [0.15, 0.2) is 5.13 Å². The number of thiazole rings is 1. The molecule has 128 valence electrons. The van der Waals surface area contributed by atoms with Crippen LogP contribution in [0.4, 0.5) is 9.93 Å². The highest BCUT2D eigenvalue weighted by molar-refractivity contribution is 7.14. The summed E-state index contributed by atoms with van der Waals surface area (Å²) in [6.45, 7) is 3.71. The number of pyridine rings is 1. The van der Waals surface area contributed by atoms with E-state index in [0.29, 0.717) is 10.8 Å². The molecule has 0 aromatic carbocycles. The standard InChI is InChI=1S/C16H20N4O3S/c1-10(2)13(19-16(22)23-4)14(21)20(3)15-18-12(9-24-15)11-7-5-6-8-17-11/h5-10,13H,1-4H3,(H,19,22)/t13-/m0/s1. The molecule has 0 unspecified atom stereocenters. The number of hydrogen-bond donors (Lipinski definition) is 1. The molecular formula is C16H20N4O3S. The van der Waals surface area contributed by atoms with Crippen molar-refractivity contribution in [3.8, 4) is 11.4 Å². The molecule has 7 nitrogen and oxygen atoms in total. The SMILES string of the molecule is COC(=O)N[C@H](C(=O)N(C)c1nc(-c2ccccn2)cs1)C(C)C. The summed E-state index contributed by atoms with van der Waals surface area (Å²) in [7, 11) is 2.90. The minimum atomic E-state index is -0.690. The number of likely N-dealkylation sites (N-methyl/N-ethyl adjacent to an activating group) is 1. The quantitative estimate of drug-likeness (QED) is 0.897. The van der Waals surface area contributed by atoms with Crippen LogP contribution in [-0.4, -0.2) is 42.2 Å². The van der Waals surface area contributed by atoms with Crippen molar-refractivity contribution in [3.63, 3.8) is 0 Å². The molecule has 2 heterocycles. The minimum absolute atomic E-state index is 0.0886. The van der Waals surface area contributed by atoms with Crippen LogP contribution in [0.2, 0.25) is 0 Å². The number of nitrogens with one attached hydrogen (secondary N) is 1. The van der Waals surface area contributed by atoms with Crippen molar-refractivity contribution >= 4 is 28.5 Å². The zero-order chi connectivity index (χ0) is 17.7. The van der Waals surface area contributed by atoms with Crippen LogP contribution in [-0.2, 0) is 9.53 Å². The van der Waals surface area contributed by atoms with Gasteiger partial charge in [0.1, 0.15) is 11.7 Å². The van der Waals surface area contributed by atoms with E-state index in [0.717, 1.165) is 5.69 Å².